The molecule has 2 aromatic heterocycles. The third-order valence-electron chi connectivity index (χ3n) is 7.06. The van der Waals surface area contributed by atoms with E-state index in [2.05, 4.69) is 16.0 Å². The summed E-state index contributed by atoms with van der Waals surface area (Å²) in [6.45, 7) is 1.74. The number of nitrogens with zero attached hydrogens (tertiary/aromatic N) is 2. The molecule has 200 valence electrons. The van der Waals surface area contributed by atoms with Gasteiger partial charge in [-0.05, 0) is 77.1 Å². The lowest BCUT2D eigenvalue weighted by Crippen LogP contribution is -2.36. The topological polar surface area (TPSA) is 75.3 Å². The molecule has 3 heterocycles. The first-order valence-corrected chi connectivity index (χ1v) is 13.9. The van der Waals surface area contributed by atoms with Crippen molar-refractivity contribution in [3.8, 4) is 22.4 Å². The molecule has 0 amide bonds. The number of methoxy groups -OCH3 is 1. The van der Waals surface area contributed by atoms with Crippen molar-refractivity contribution in [1.29, 1.82) is 0 Å². The number of benzene rings is 2. The van der Waals surface area contributed by atoms with Gasteiger partial charge in [0.2, 0.25) is 10.3 Å². The second-order valence-corrected chi connectivity index (χ2v) is 10.4. The van der Waals surface area contributed by atoms with Gasteiger partial charge in [0.05, 0.1) is 12.3 Å². The summed E-state index contributed by atoms with van der Waals surface area (Å²) in [6, 6.07) is 18.4. The molecule has 5 rings (SSSR count). The van der Waals surface area contributed by atoms with Crippen LogP contribution >= 0.6 is 0 Å². The Bertz CT molecular complexity index is 1590. The van der Waals surface area contributed by atoms with Gasteiger partial charge < -0.3 is 9.72 Å². The minimum Gasteiger partial charge on any atom is -0.384 e. The van der Waals surface area contributed by atoms with Crippen LogP contribution in [-0.4, -0.2) is 55.1 Å². The summed E-state index contributed by atoms with van der Waals surface area (Å²) in [5.41, 5.74) is 8.13. The molecule has 2 aromatic carbocycles. The Hall–Kier alpha value is -3.85. The van der Waals surface area contributed by atoms with E-state index in [0.29, 0.717) is 37.5 Å². The summed E-state index contributed by atoms with van der Waals surface area (Å²) >= 11 is 0. The highest BCUT2D eigenvalue weighted by Crippen LogP contribution is 2.39. The fourth-order valence-corrected chi connectivity index (χ4v) is 5.64. The predicted octanol–water partition coefficient (Wildman–Crippen LogP) is 5.41. The van der Waals surface area contributed by atoms with E-state index >= 15 is 0 Å². The van der Waals surface area contributed by atoms with Crippen LogP contribution in [0, 0.1) is 5.82 Å². The first-order valence-electron chi connectivity index (χ1n) is 12.9. The number of aromatic amines is 1. The second-order valence-electron chi connectivity index (χ2n) is 9.49. The van der Waals surface area contributed by atoms with Gasteiger partial charge in [0.15, 0.2) is 0 Å². The van der Waals surface area contributed by atoms with Gasteiger partial charge >= 0.3 is 0 Å². The van der Waals surface area contributed by atoms with Crippen LogP contribution in [0.3, 0.4) is 0 Å². The van der Waals surface area contributed by atoms with E-state index in [9.17, 15) is 12.8 Å². The van der Waals surface area contributed by atoms with Crippen LogP contribution in [0.2, 0.25) is 0 Å². The van der Waals surface area contributed by atoms with Crippen LogP contribution in [0.1, 0.15) is 23.1 Å². The lowest BCUT2D eigenvalue weighted by Gasteiger charge is -2.26. The molecule has 0 atom stereocenters. The Morgan fingerprint density at radius 3 is 2.36 bits per heavy atom. The van der Waals surface area contributed by atoms with Crippen molar-refractivity contribution < 1.29 is 17.5 Å². The Balaban J connectivity index is 1.40. The average molecular weight is 544 g/mol. The highest BCUT2D eigenvalue weighted by Gasteiger charge is 2.23. The number of rotatable bonds is 8. The molecule has 39 heavy (non-hydrogen) atoms. The Kier molecular flexibility index (Phi) is 8.46. The first kappa shape index (κ1) is 26.7. The zero-order valence-corrected chi connectivity index (χ0v) is 22.5. The number of hydrogen-bond acceptors (Lipinski definition) is 4. The van der Waals surface area contributed by atoms with Gasteiger partial charge in [0.1, 0.15) is 10.8 Å². The predicted molar refractivity (Wildman–Crippen MR) is 153 cm³/mol. The number of hydrogen-bond donors (Lipinski definition) is 1. The minimum absolute atomic E-state index is 0.282. The summed E-state index contributed by atoms with van der Waals surface area (Å²) < 4.78 is 43.2. The third-order valence-corrected chi connectivity index (χ3v) is 7.84. The van der Waals surface area contributed by atoms with Crippen LogP contribution in [0.4, 0.5) is 4.39 Å². The van der Waals surface area contributed by atoms with Crippen molar-refractivity contribution >= 4 is 20.9 Å². The molecule has 0 radical (unpaired) electrons. The number of pyridine rings is 1. The summed E-state index contributed by atoms with van der Waals surface area (Å²) in [5.74, 6) is -0.282. The molecule has 0 aliphatic carbocycles. The Morgan fingerprint density at radius 2 is 1.72 bits per heavy atom. The number of H-pyrrole nitrogens is 1. The normalized spacial score (nSPS) is 13.7. The molecule has 0 saturated heterocycles. The van der Waals surface area contributed by atoms with E-state index in [1.165, 1.54) is 12.1 Å². The van der Waals surface area contributed by atoms with E-state index in [0.717, 1.165) is 51.1 Å². The molecule has 0 fully saturated rings. The summed E-state index contributed by atoms with van der Waals surface area (Å²) in [4.78, 5) is 9.89. The van der Waals surface area contributed by atoms with Crippen molar-refractivity contribution in [2.45, 2.75) is 19.3 Å². The average Bonchev–Trinajstić information content (AvgIpc) is 3.41. The molecule has 1 aliphatic rings. The molecule has 0 unspecified atom stereocenters. The number of aromatic nitrogens is 2. The maximum Gasteiger partial charge on any atom is 0.228 e. The molecule has 8 heteroatoms. The van der Waals surface area contributed by atoms with Crippen molar-refractivity contribution in [1.82, 2.24) is 14.9 Å². The molecular formula is C31H30FN3O3S. The third kappa shape index (κ3) is 6.25. The lowest BCUT2D eigenvalue weighted by molar-refractivity contribution is 0.202. The molecule has 1 aliphatic heterocycles. The summed E-state index contributed by atoms with van der Waals surface area (Å²) in [5, 5.41) is 0. The van der Waals surface area contributed by atoms with Gasteiger partial charge in [-0.15, -0.1) is 0 Å². The van der Waals surface area contributed by atoms with E-state index in [-0.39, 0.29) is 5.82 Å². The van der Waals surface area contributed by atoms with Gasteiger partial charge in [0.25, 0.3) is 0 Å². The maximum absolute atomic E-state index is 13.6. The van der Waals surface area contributed by atoms with Gasteiger partial charge in [-0.2, -0.15) is 8.42 Å². The van der Waals surface area contributed by atoms with Crippen molar-refractivity contribution in [3.05, 3.63) is 108 Å². The SMILES string of the molecule is COCCc1ccc(CC(N2CC=C(c3c[nH]c(-c4ccc(F)cc4)c3-c3ccncc3)CC2)=S(=O)=O)cc1. The van der Waals surface area contributed by atoms with Crippen molar-refractivity contribution in [2.24, 2.45) is 0 Å². The number of ether oxygens (including phenoxy) is 1. The van der Waals surface area contributed by atoms with E-state index in [1.54, 1.807) is 31.6 Å². The molecule has 0 bridgehead atoms. The minimum atomic E-state index is -2.32. The largest absolute Gasteiger partial charge is 0.384 e. The molecule has 0 spiro atoms. The number of halogens is 1. The fourth-order valence-electron chi connectivity index (χ4n) is 4.97. The molecular weight excluding hydrogens is 513 g/mol. The van der Waals surface area contributed by atoms with Gasteiger partial charge in [0, 0.05) is 56.3 Å². The van der Waals surface area contributed by atoms with Crippen LogP contribution in [0.15, 0.2) is 85.3 Å². The van der Waals surface area contributed by atoms with Crippen LogP contribution in [0.25, 0.3) is 28.0 Å². The Labute approximate surface area is 229 Å². The van der Waals surface area contributed by atoms with Crippen LogP contribution in [0.5, 0.6) is 0 Å². The monoisotopic (exact) mass is 543 g/mol. The first-order chi connectivity index (χ1) is 19.0. The zero-order chi connectivity index (χ0) is 27.2. The Morgan fingerprint density at radius 1 is 1.00 bits per heavy atom. The standard InChI is InChI=1S/C31H30FN3O3S/c1-38-19-14-22-2-4-23(5-3-22)20-29(39(36)37)35-17-12-24(13-18-35)28-21-34-31(26-6-8-27(32)9-7-26)30(28)25-10-15-33-16-11-25/h2-12,15-16,21,34H,13-14,17-20H2,1H3. The van der Waals surface area contributed by atoms with Gasteiger partial charge in [-0.1, -0.05) is 30.3 Å². The lowest BCUT2D eigenvalue weighted by atomic mass is 9.92. The van der Waals surface area contributed by atoms with Crippen molar-refractivity contribution in [2.75, 3.05) is 26.8 Å². The molecule has 0 saturated carbocycles. The maximum atomic E-state index is 13.6. The highest BCUT2D eigenvalue weighted by atomic mass is 32.2. The quantitative estimate of drug-likeness (QED) is 0.301. The number of nitrogens with one attached hydrogen (secondary N) is 1. The van der Waals surface area contributed by atoms with Crippen molar-refractivity contribution in [3.63, 3.8) is 0 Å². The molecule has 6 nitrogen and oxygen atoms in total. The van der Waals surface area contributed by atoms with Crippen LogP contribution in [-0.2, 0) is 27.9 Å². The molecule has 4 aromatic rings. The van der Waals surface area contributed by atoms with Crippen LogP contribution < -0.4 is 0 Å². The summed E-state index contributed by atoms with van der Waals surface area (Å²) in [6.07, 6.45) is 9.47. The summed E-state index contributed by atoms with van der Waals surface area (Å²) in [7, 11) is -0.646. The zero-order valence-electron chi connectivity index (χ0n) is 21.7. The van der Waals surface area contributed by atoms with Gasteiger partial charge in [-0.3, -0.25) is 9.88 Å². The highest BCUT2D eigenvalue weighted by molar-refractivity contribution is 7.72. The second kappa shape index (κ2) is 12.3. The van der Waals surface area contributed by atoms with E-state index in [1.807, 2.05) is 47.5 Å². The smallest absolute Gasteiger partial charge is 0.228 e. The van der Waals surface area contributed by atoms with Gasteiger partial charge in [-0.25, -0.2) is 4.39 Å². The molecule has 1 N–H and O–H groups in total. The van der Waals surface area contributed by atoms with E-state index in [4.69, 9.17) is 4.74 Å². The van der Waals surface area contributed by atoms with E-state index < -0.39 is 10.3 Å². The fraction of sp³-hybridized carbons (Fsp3) is 0.226.